The third-order valence-corrected chi connectivity index (χ3v) is 5.99. The Morgan fingerprint density at radius 2 is 1.90 bits per heavy atom. The van der Waals surface area contributed by atoms with Crippen LogP contribution in [0.5, 0.6) is 0 Å². The van der Waals surface area contributed by atoms with Crippen molar-refractivity contribution in [3.63, 3.8) is 0 Å². The molecule has 152 valence electrons. The summed E-state index contributed by atoms with van der Waals surface area (Å²) in [6, 6.07) is 21.2. The summed E-state index contributed by atoms with van der Waals surface area (Å²) in [5.74, 6) is 0.844. The highest BCUT2D eigenvalue weighted by Gasteiger charge is 2.20. The van der Waals surface area contributed by atoms with Crippen molar-refractivity contribution in [1.82, 2.24) is 9.88 Å². The number of likely N-dealkylation sites (tertiary alicyclic amines) is 1. The molecule has 5 nitrogen and oxygen atoms in total. The SMILES string of the molecule is O=C(Nc1cccc(CSc2ccccn2)c1)c1ccc(CN2CCCC2=O)cc1. The molecule has 1 aliphatic heterocycles. The van der Waals surface area contributed by atoms with Gasteiger partial charge in [0.2, 0.25) is 5.91 Å². The van der Waals surface area contributed by atoms with E-state index in [1.54, 1.807) is 18.0 Å². The third-order valence-electron chi connectivity index (χ3n) is 4.97. The van der Waals surface area contributed by atoms with Gasteiger partial charge in [-0.05, 0) is 53.9 Å². The Morgan fingerprint density at radius 1 is 1.03 bits per heavy atom. The van der Waals surface area contributed by atoms with Gasteiger partial charge in [0.15, 0.2) is 0 Å². The number of benzene rings is 2. The Labute approximate surface area is 180 Å². The molecule has 1 aliphatic rings. The lowest BCUT2D eigenvalue weighted by Crippen LogP contribution is -2.23. The average Bonchev–Trinajstić information content (AvgIpc) is 3.18. The number of carbonyl (C=O) groups is 2. The maximum atomic E-state index is 12.6. The van der Waals surface area contributed by atoms with Crippen LogP contribution in [0.25, 0.3) is 0 Å². The molecular weight excluding hydrogens is 394 g/mol. The highest BCUT2D eigenvalue weighted by molar-refractivity contribution is 7.98. The van der Waals surface area contributed by atoms with Crippen LogP contribution >= 0.6 is 11.8 Å². The summed E-state index contributed by atoms with van der Waals surface area (Å²) in [4.78, 5) is 30.6. The fraction of sp³-hybridized carbons (Fsp3) is 0.208. The molecule has 0 saturated carbocycles. The summed E-state index contributed by atoms with van der Waals surface area (Å²) in [5, 5.41) is 3.94. The molecule has 0 radical (unpaired) electrons. The maximum Gasteiger partial charge on any atom is 0.255 e. The van der Waals surface area contributed by atoms with E-state index in [2.05, 4.69) is 10.3 Å². The molecule has 1 aromatic heterocycles. The number of rotatable bonds is 7. The van der Waals surface area contributed by atoms with Crippen molar-refractivity contribution in [3.8, 4) is 0 Å². The van der Waals surface area contributed by atoms with Gasteiger partial charge in [0.1, 0.15) is 0 Å². The molecule has 1 fully saturated rings. The lowest BCUT2D eigenvalue weighted by molar-refractivity contribution is -0.128. The molecule has 3 aromatic rings. The zero-order chi connectivity index (χ0) is 20.8. The molecular formula is C24H23N3O2S. The second-order valence-corrected chi connectivity index (χ2v) is 8.22. The van der Waals surface area contributed by atoms with Crippen LogP contribution in [-0.4, -0.2) is 28.2 Å². The number of carbonyl (C=O) groups excluding carboxylic acids is 2. The van der Waals surface area contributed by atoms with Crippen LogP contribution in [0.15, 0.2) is 78.0 Å². The Bertz CT molecular complexity index is 1020. The van der Waals surface area contributed by atoms with E-state index in [1.807, 2.05) is 71.6 Å². The standard InChI is InChI=1S/C24H23N3O2S/c28-23-8-4-14-27(23)16-18-9-11-20(12-10-18)24(29)26-21-6-3-5-19(15-21)17-30-22-7-1-2-13-25-22/h1-3,5-7,9-13,15H,4,8,14,16-17H2,(H,26,29). The molecule has 1 saturated heterocycles. The zero-order valence-electron chi connectivity index (χ0n) is 16.6. The van der Waals surface area contributed by atoms with Gasteiger partial charge in [-0.15, -0.1) is 11.8 Å². The van der Waals surface area contributed by atoms with Gasteiger partial charge in [-0.25, -0.2) is 4.98 Å². The lowest BCUT2D eigenvalue weighted by Gasteiger charge is -2.15. The smallest absolute Gasteiger partial charge is 0.255 e. The molecule has 0 bridgehead atoms. The van der Waals surface area contributed by atoms with E-state index >= 15 is 0 Å². The van der Waals surface area contributed by atoms with E-state index < -0.39 is 0 Å². The number of pyridine rings is 1. The Kier molecular flexibility index (Phi) is 6.44. The summed E-state index contributed by atoms with van der Waals surface area (Å²) in [6.45, 7) is 1.42. The number of thioether (sulfide) groups is 1. The summed E-state index contributed by atoms with van der Waals surface area (Å²) in [5.41, 5.74) is 3.52. The molecule has 0 atom stereocenters. The Balaban J connectivity index is 1.34. The van der Waals surface area contributed by atoms with Crippen LogP contribution in [0.1, 0.15) is 34.3 Å². The van der Waals surface area contributed by atoms with E-state index in [-0.39, 0.29) is 11.8 Å². The minimum atomic E-state index is -0.145. The molecule has 6 heteroatoms. The van der Waals surface area contributed by atoms with E-state index in [4.69, 9.17) is 0 Å². The molecule has 0 aliphatic carbocycles. The Hall–Kier alpha value is -3.12. The van der Waals surface area contributed by atoms with Crippen molar-refractivity contribution in [2.24, 2.45) is 0 Å². The van der Waals surface area contributed by atoms with E-state index in [1.165, 1.54) is 0 Å². The quantitative estimate of drug-likeness (QED) is 0.564. The first-order chi connectivity index (χ1) is 14.7. The molecule has 0 unspecified atom stereocenters. The van der Waals surface area contributed by atoms with Crippen molar-refractivity contribution in [1.29, 1.82) is 0 Å². The number of hydrogen-bond donors (Lipinski definition) is 1. The predicted molar refractivity (Wildman–Crippen MR) is 119 cm³/mol. The van der Waals surface area contributed by atoms with Crippen LogP contribution in [0.4, 0.5) is 5.69 Å². The van der Waals surface area contributed by atoms with Gasteiger partial charge in [0, 0.05) is 42.7 Å². The summed E-state index contributed by atoms with van der Waals surface area (Å²) in [6.07, 6.45) is 3.35. The molecule has 0 spiro atoms. The third kappa shape index (κ3) is 5.27. The molecule has 2 amide bonds. The number of nitrogens with zero attached hydrogens (tertiary/aromatic N) is 2. The van der Waals surface area contributed by atoms with E-state index in [0.717, 1.165) is 40.6 Å². The van der Waals surface area contributed by atoms with Crippen LogP contribution in [0, 0.1) is 0 Å². The van der Waals surface area contributed by atoms with Crippen LogP contribution in [0.3, 0.4) is 0 Å². The first kappa shape index (κ1) is 20.2. The molecule has 30 heavy (non-hydrogen) atoms. The minimum absolute atomic E-state index is 0.145. The topological polar surface area (TPSA) is 62.3 Å². The van der Waals surface area contributed by atoms with Crippen molar-refractivity contribution in [2.45, 2.75) is 30.2 Å². The average molecular weight is 418 g/mol. The molecule has 2 aromatic carbocycles. The highest BCUT2D eigenvalue weighted by atomic mass is 32.2. The molecule has 4 rings (SSSR count). The predicted octanol–water partition coefficient (Wildman–Crippen LogP) is 4.75. The van der Waals surface area contributed by atoms with Gasteiger partial charge in [0.05, 0.1) is 5.03 Å². The maximum absolute atomic E-state index is 12.6. The van der Waals surface area contributed by atoms with Gasteiger partial charge in [0.25, 0.3) is 5.91 Å². The number of aromatic nitrogens is 1. The normalized spacial score (nSPS) is 13.5. The second-order valence-electron chi connectivity index (χ2n) is 7.23. The largest absolute Gasteiger partial charge is 0.338 e. The molecule has 1 N–H and O–H groups in total. The van der Waals surface area contributed by atoms with Crippen molar-refractivity contribution >= 4 is 29.3 Å². The lowest BCUT2D eigenvalue weighted by atomic mass is 10.1. The Morgan fingerprint density at radius 3 is 2.63 bits per heavy atom. The number of anilines is 1. The number of amides is 2. The summed E-state index contributed by atoms with van der Waals surface area (Å²) in [7, 11) is 0. The minimum Gasteiger partial charge on any atom is -0.338 e. The number of hydrogen-bond acceptors (Lipinski definition) is 4. The monoisotopic (exact) mass is 417 g/mol. The van der Waals surface area contributed by atoms with Gasteiger partial charge >= 0.3 is 0 Å². The van der Waals surface area contributed by atoms with Crippen molar-refractivity contribution in [3.05, 3.63) is 89.6 Å². The van der Waals surface area contributed by atoms with Gasteiger partial charge in [-0.2, -0.15) is 0 Å². The van der Waals surface area contributed by atoms with E-state index in [0.29, 0.717) is 18.5 Å². The summed E-state index contributed by atoms with van der Waals surface area (Å²) < 4.78 is 0. The second kappa shape index (κ2) is 9.59. The highest BCUT2D eigenvalue weighted by Crippen LogP contribution is 2.22. The van der Waals surface area contributed by atoms with Crippen molar-refractivity contribution in [2.75, 3.05) is 11.9 Å². The first-order valence-corrected chi connectivity index (χ1v) is 11.0. The van der Waals surface area contributed by atoms with Crippen LogP contribution in [0.2, 0.25) is 0 Å². The first-order valence-electron chi connectivity index (χ1n) is 9.98. The zero-order valence-corrected chi connectivity index (χ0v) is 17.4. The summed E-state index contributed by atoms with van der Waals surface area (Å²) >= 11 is 1.66. The van der Waals surface area contributed by atoms with E-state index in [9.17, 15) is 9.59 Å². The number of nitrogens with one attached hydrogen (secondary N) is 1. The van der Waals surface area contributed by atoms with Gasteiger partial charge in [-0.3, -0.25) is 9.59 Å². The fourth-order valence-electron chi connectivity index (χ4n) is 3.38. The fourth-order valence-corrected chi connectivity index (χ4v) is 4.19. The van der Waals surface area contributed by atoms with Gasteiger partial charge in [-0.1, -0.05) is 30.3 Å². The van der Waals surface area contributed by atoms with Crippen LogP contribution in [-0.2, 0) is 17.1 Å². The van der Waals surface area contributed by atoms with Crippen molar-refractivity contribution < 1.29 is 9.59 Å². The van der Waals surface area contributed by atoms with Gasteiger partial charge < -0.3 is 10.2 Å². The molecule has 2 heterocycles. The van der Waals surface area contributed by atoms with Crippen LogP contribution < -0.4 is 5.32 Å².